The molecular weight excluding hydrogens is 292 g/mol. The number of anilines is 2. The summed E-state index contributed by atoms with van der Waals surface area (Å²) in [6, 6.07) is 3.90. The lowest BCUT2D eigenvalue weighted by atomic mass is 9.93. The average Bonchev–Trinajstić information content (AvgIpc) is 2.62. The predicted octanol–water partition coefficient (Wildman–Crippen LogP) is 1.64. The lowest BCUT2D eigenvalue weighted by molar-refractivity contribution is -0.116. The van der Waals surface area contributed by atoms with Crippen molar-refractivity contribution in [2.45, 2.75) is 25.7 Å². The molecule has 1 aromatic rings. The van der Waals surface area contributed by atoms with Crippen LogP contribution in [0.2, 0.25) is 0 Å². The Labute approximate surface area is 137 Å². The van der Waals surface area contributed by atoms with E-state index in [1.165, 1.54) is 12.8 Å². The van der Waals surface area contributed by atoms with Crippen LogP contribution in [0, 0.1) is 5.92 Å². The number of pyridine rings is 1. The van der Waals surface area contributed by atoms with Crippen LogP contribution in [0.3, 0.4) is 0 Å². The number of rotatable bonds is 5. The van der Waals surface area contributed by atoms with Gasteiger partial charge in [-0.25, -0.2) is 4.98 Å². The Kier molecular flexibility index (Phi) is 5.82. The zero-order valence-corrected chi connectivity index (χ0v) is 13.6. The average molecular weight is 318 g/mol. The molecule has 2 saturated heterocycles. The summed E-state index contributed by atoms with van der Waals surface area (Å²) in [5.41, 5.74) is 0.775. The molecule has 0 aromatic carbocycles. The van der Waals surface area contributed by atoms with Crippen LogP contribution < -0.4 is 15.5 Å². The molecule has 0 bridgehead atoms. The van der Waals surface area contributed by atoms with E-state index in [0.717, 1.165) is 57.3 Å². The Bertz CT molecular complexity index is 494. The van der Waals surface area contributed by atoms with Gasteiger partial charge in [-0.15, -0.1) is 0 Å². The highest BCUT2D eigenvalue weighted by Gasteiger charge is 2.15. The van der Waals surface area contributed by atoms with Gasteiger partial charge in [0.1, 0.15) is 5.82 Å². The highest BCUT2D eigenvalue weighted by Crippen LogP contribution is 2.19. The Hall–Kier alpha value is -1.66. The van der Waals surface area contributed by atoms with Gasteiger partial charge in [-0.3, -0.25) is 4.79 Å². The summed E-state index contributed by atoms with van der Waals surface area (Å²) in [5, 5.41) is 6.31. The lowest BCUT2D eigenvalue weighted by Crippen LogP contribution is -2.36. The maximum atomic E-state index is 12.1. The number of morpholine rings is 1. The fourth-order valence-corrected chi connectivity index (χ4v) is 3.17. The molecule has 0 aliphatic carbocycles. The largest absolute Gasteiger partial charge is 0.378 e. The topological polar surface area (TPSA) is 66.5 Å². The van der Waals surface area contributed by atoms with Gasteiger partial charge in [-0.1, -0.05) is 0 Å². The minimum atomic E-state index is 0.0875. The number of nitrogens with one attached hydrogen (secondary N) is 2. The Morgan fingerprint density at radius 2 is 2.09 bits per heavy atom. The van der Waals surface area contributed by atoms with E-state index < -0.39 is 0 Å². The van der Waals surface area contributed by atoms with E-state index in [1.807, 2.05) is 12.1 Å². The molecule has 1 aromatic heterocycles. The lowest BCUT2D eigenvalue weighted by Gasteiger charge is -2.27. The zero-order chi connectivity index (χ0) is 15.9. The minimum Gasteiger partial charge on any atom is -0.378 e. The van der Waals surface area contributed by atoms with Crippen molar-refractivity contribution in [3.05, 3.63) is 18.3 Å². The number of piperidine rings is 1. The summed E-state index contributed by atoms with van der Waals surface area (Å²) in [4.78, 5) is 18.7. The second-order valence-corrected chi connectivity index (χ2v) is 6.28. The van der Waals surface area contributed by atoms with E-state index in [1.54, 1.807) is 6.20 Å². The van der Waals surface area contributed by atoms with Crippen LogP contribution in [0.25, 0.3) is 0 Å². The third-order valence-corrected chi connectivity index (χ3v) is 4.61. The highest BCUT2D eigenvalue weighted by molar-refractivity contribution is 5.90. The maximum Gasteiger partial charge on any atom is 0.224 e. The zero-order valence-electron chi connectivity index (χ0n) is 13.6. The molecule has 3 rings (SSSR count). The minimum absolute atomic E-state index is 0.0875. The Balaban J connectivity index is 1.44. The summed E-state index contributed by atoms with van der Waals surface area (Å²) in [6.45, 7) is 5.40. The first-order chi connectivity index (χ1) is 11.3. The van der Waals surface area contributed by atoms with Crippen molar-refractivity contribution in [2.24, 2.45) is 5.92 Å². The van der Waals surface area contributed by atoms with Crippen LogP contribution in [0.1, 0.15) is 25.7 Å². The predicted molar refractivity (Wildman–Crippen MR) is 90.7 cm³/mol. The van der Waals surface area contributed by atoms with Crippen molar-refractivity contribution >= 4 is 17.4 Å². The van der Waals surface area contributed by atoms with Crippen molar-refractivity contribution in [1.29, 1.82) is 0 Å². The van der Waals surface area contributed by atoms with E-state index in [9.17, 15) is 4.79 Å². The molecule has 2 N–H and O–H groups in total. The van der Waals surface area contributed by atoms with Crippen LogP contribution >= 0.6 is 0 Å². The fraction of sp³-hybridized carbons (Fsp3) is 0.647. The van der Waals surface area contributed by atoms with Gasteiger partial charge in [-0.2, -0.15) is 0 Å². The van der Waals surface area contributed by atoms with Crippen LogP contribution in [0.15, 0.2) is 18.3 Å². The monoisotopic (exact) mass is 318 g/mol. The molecule has 23 heavy (non-hydrogen) atoms. The number of hydrogen-bond donors (Lipinski definition) is 2. The first kappa shape index (κ1) is 16.2. The van der Waals surface area contributed by atoms with Gasteiger partial charge in [0, 0.05) is 19.5 Å². The molecule has 2 fully saturated rings. The smallest absolute Gasteiger partial charge is 0.224 e. The van der Waals surface area contributed by atoms with Crippen molar-refractivity contribution in [3.8, 4) is 0 Å². The molecule has 126 valence electrons. The van der Waals surface area contributed by atoms with Crippen molar-refractivity contribution < 1.29 is 9.53 Å². The van der Waals surface area contributed by atoms with Gasteiger partial charge in [0.15, 0.2) is 0 Å². The van der Waals surface area contributed by atoms with E-state index in [0.29, 0.717) is 12.3 Å². The molecule has 0 saturated carbocycles. The van der Waals surface area contributed by atoms with Crippen LogP contribution in [-0.4, -0.2) is 50.3 Å². The number of amides is 1. The third kappa shape index (κ3) is 4.91. The SMILES string of the molecule is O=C(CCC1CCNCC1)Nc1ccc(N2CCOCC2)nc1. The number of carbonyl (C=O) groups excluding carboxylic acids is 1. The second-order valence-electron chi connectivity index (χ2n) is 6.28. The second kappa shape index (κ2) is 8.26. The molecule has 2 aliphatic rings. The number of ether oxygens (including phenoxy) is 1. The Morgan fingerprint density at radius 3 is 2.78 bits per heavy atom. The van der Waals surface area contributed by atoms with Gasteiger partial charge < -0.3 is 20.3 Å². The molecular formula is C17H26N4O2. The number of aromatic nitrogens is 1. The van der Waals surface area contributed by atoms with E-state index in [4.69, 9.17) is 4.74 Å². The normalized spacial score (nSPS) is 19.6. The van der Waals surface area contributed by atoms with E-state index in [-0.39, 0.29) is 5.91 Å². The highest BCUT2D eigenvalue weighted by atomic mass is 16.5. The van der Waals surface area contributed by atoms with E-state index >= 15 is 0 Å². The summed E-state index contributed by atoms with van der Waals surface area (Å²) < 4.78 is 5.34. The fourth-order valence-electron chi connectivity index (χ4n) is 3.17. The van der Waals surface area contributed by atoms with Gasteiger partial charge in [-0.05, 0) is 50.4 Å². The van der Waals surface area contributed by atoms with Crippen molar-refractivity contribution in [1.82, 2.24) is 10.3 Å². The van der Waals surface area contributed by atoms with Gasteiger partial charge >= 0.3 is 0 Å². The van der Waals surface area contributed by atoms with Crippen LogP contribution in [0.4, 0.5) is 11.5 Å². The Morgan fingerprint density at radius 1 is 1.30 bits per heavy atom. The molecule has 6 nitrogen and oxygen atoms in total. The summed E-state index contributed by atoms with van der Waals surface area (Å²) in [7, 11) is 0. The maximum absolute atomic E-state index is 12.1. The number of nitrogens with zero attached hydrogens (tertiary/aromatic N) is 2. The van der Waals surface area contributed by atoms with Crippen LogP contribution in [-0.2, 0) is 9.53 Å². The van der Waals surface area contributed by atoms with E-state index in [2.05, 4.69) is 20.5 Å². The van der Waals surface area contributed by atoms with Gasteiger partial charge in [0.05, 0.1) is 25.1 Å². The molecule has 0 spiro atoms. The molecule has 6 heteroatoms. The van der Waals surface area contributed by atoms with Crippen molar-refractivity contribution in [3.63, 3.8) is 0 Å². The van der Waals surface area contributed by atoms with Crippen molar-refractivity contribution in [2.75, 3.05) is 49.6 Å². The molecule has 2 aliphatic heterocycles. The molecule has 3 heterocycles. The molecule has 0 radical (unpaired) electrons. The van der Waals surface area contributed by atoms with Crippen LogP contribution in [0.5, 0.6) is 0 Å². The summed E-state index contributed by atoms with van der Waals surface area (Å²) in [6.07, 6.45) is 5.68. The summed E-state index contributed by atoms with van der Waals surface area (Å²) >= 11 is 0. The molecule has 0 atom stereocenters. The summed E-state index contributed by atoms with van der Waals surface area (Å²) in [5.74, 6) is 1.72. The van der Waals surface area contributed by atoms with Gasteiger partial charge in [0.25, 0.3) is 0 Å². The molecule has 0 unspecified atom stereocenters. The first-order valence-corrected chi connectivity index (χ1v) is 8.60. The first-order valence-electron chi connectivity index (χ1n) is 8.60. The quantitative estimate of drug-likeness (QED) is 0.864. The number of carbonyl (C=O) groups is 1. The number of hydrogen-bond acceptors (Lipinski definition) is 5. The van der Waals surface area contributed by atoms with Gasteiger partial charge in [0.2, 0.25) is 5.91 Å². The standard InChI is InChI=1S/C17H26N4O2/c22-17(4-1-14-5-7-18-8-6-14)20-15-2-3-16(19-13-15)21-9-11-23-12-10-21/h2-3,13-14,18H,1,4-12H2,(H,20,22). The third-order valence-electron chi connectivity index (χ3n) is 4.61. The molecule has 1 amide bonds.